The summed E-state index contributed by atoms with van der Waals surface area (Å²) in [4.78, 5) is 31.6. The van der Waals surface area contributed by atoms with Gasteiger partial charge in [-0.15, -0.1) is 0 Å². The Kier molecular flexibility index (Phi) is 5.12. The van der Waals surface area contributed by atoms with E-state index in [1.807, 2.05) is 0 Å². The van der Waals surface area contributed by atoms with E-state index in [0.29, 0.717) is 29.5 Å². The minimum absolute atomic E-state index is 0.0836. The second kappa shape index (κ2) is 7.64. The molecule has 8 heteroatoms. The van der Waals surface area contributed by atoms with Crippen LogP contribution in [0.2, 0.25) is 0 Å². The van der Waals surface area contributed by atoms with E-state index < -0.39 is 6.09 Å². The average Bonchev–Trinajstić information content (AvgIpc) is 2.62. The van der Waals surface area contributed by atoms with Gasteiger partial charge in [-0.25, -0.2) is 9.78 Å². The van der Waals surface area contributed by atoms with E-state index in [0.717, 1.165) is 18.2 Å². The van der Waals surface area contributed by atoms with E-state index in [2.05, 4.69) is 27.5 Å². The van der Waals surface area contributed by atoms with Gasteiger partial charge in [-0.05, 0) is 36.8 Å². The molecule has 0 aliphatic rings. The number of anilines is 3. The summed E-state index contributed by atoms with van der Waals surface area (Å²) in [5.41, 5.74) is 1.68. The SMILES string of the molecule is CCCCn1c(=O)ccc2cnc(Nc3ccc(NC(=O)O)cc3)nc21. The molecule has 0 aliphatic carbocycles. The Morgan fingerprint density at radius 3 is 2.58 bits per heavy atom. The third-order valence-corrected chi connectivity index (χ3v) is 3.85. The van der Waals surface area contributed by atoms with E-state index in [1.54, 1.807) is 41.1 Å². The fraction of sp³-hybridized carbons (Fsp3) is 0.222. The number of hydrogen-bond donors (Lipinski definition) is 3. The van der Waals surface area contributed by atoms with Crippen LogP contribution in [0.15, 0.2) is 47.4 Å². The van der Waals surface area contributed by atoms with Crippen LogP contribution >= 0.6 is 0 Å². The van der Waals surface area contributed by atoms with Gasteiger partial charge in [0.15, 0.2) is 0 Å². The molecule has 0 saturated carbocycles. The van der Waals surface area contributed by atoms with Crippen molar-refractivity contribution in [1.82, 2.24) is 14.5 Å². The van der Waals surface area contributed by atoms with Gasteiger partial charge in [-0.1, -0.05) is 13.3 Å². The lowest BCUT2D eigenvalue weighted by Crippen LogP contribution is -2.20. The first-order valence-electron chi connectivity index (χ1n) is 8.30. The molecule has 0 aliphatic heterocycles. The normalized spacial score (nSPS) is 10.7. The maximum atomic E-state index is 12.2. The van der Waals surface area contributed by atoms with E-state index in [9.17, 15) is 9.59 Å². The Balaban J connectivity index is 1.88. The van der Waals surface area contributed by atoms with Crippen molar-refractivity contribution in [3.05, 3.63) is 52.9 Å². The van der Waals surface area contributed by atoms with E-state index in [-0.39, 0.29) is 5.56 Å². The number of nitrogens with one attached hydrogen (secondary N) is 2. The van der Waals surface area contributed by atoms with Crippen LogP contribution in [-0.4, -0.2) is 25.7 Å². The van der Waals surface area contributed by atoms with Crippen molar-refractivity contribution < 1.29 is 9.90 Å². The number of aromatic nitrogens is 3. The molecule has 0 bridgehead atoms. The monoisotopic (exact) mass is 353 g/mol. The third-order valence-electron chi connectivity index (χ3n) is 3.85. The lowest BCUT2D eigenvalue weighted by Gasteiger charge is -2.11. The summed E-state index contributed by atoms with van der Waals surface area (Å²) in [5, 5.41) is 14.8. The Labute approximate surface area is 149 Å². The van der Waals surface area contributed by atoms with Crippen molar-refractivity contribution in [3.8, 4) is 0 Å². The number of pyridine rings is 1. The molecule has 3 rings (SSSR count). The second-order valence-corrected chi connectivity index (χ2v) is 5.78. The predicted octanol–water partition coefficient (Wildman–Crippen LogP) is 3.43. The fourth-order valence-electron chi connectivity index (χ4n) is 2.55. The van der Waals surface area contributed by atoms with Crippen molar-refractivity contribution >= 4 is 34.4 Å². The van der Waals surface area contributed by atoms with Crippen LogP contribution in [0.1, 0.15) is 19.8 Å². The number of nitrogens with zero attached hydrogens (tertiary/aromatic N) is 3. The highest BCUT2D eigenvalue weighted by Crippen LogP contribution is 2.18. The smallest absolute Gasteiger partial charge is 0.409 e. The van der Waals surface area contributed by atoms with Crippen LogP contribution in [0.25, 0.3) is 11.0 Å². The molecular weight excluding hydrogens is 334 g/mol. The van der Waals surface area contributed by atoms with Crippen LogP contribution in [0.5, 0.6) is 0 Å². The van der Waals surface area contributed by atoms with Gasteiger partial charge >= 0.3 is 6.09 Å². The number of amides is 1. The highest BCUT2D eigenvalue weighted by molar-refractivity contribution is 5.83. The molecule has 2 aromatic heterocycles. The van der Waals surface area contributed by atoms with Crippen LogP contribution in [-0.2, 0) is 6.54 Å². The molecule has 1 amide bonds. The number of carboxylic acid groups (broad SMARTS) is 1. The van der Waals surface area contributed by atoms with Gasteiger partial charge in [0.2, 0.25) is 5.95 Å². The highest BCUT2D eigenvalue weighted by Gasteiger charge is 2.07. The summed E-state index contributed by atoms with van der Waals surface area (Å²) in [6.45, 7) is 2.68. The topological polar surface area (TPSA) is 109 Å². The number of hydrogen-bond acceptors (Lipinski definition) is 5. The zero-order valence-electron chi connectivity index (χ0n) is 14.3. The molecule has 1 aromatic carbocycles. The molecule has 0 atom stereocenters. The lowest BCUT2D eigenvalue weighted by atomic mass is 10.3. The Hall–Kier alpha value is -3.42. The van der Waals surface area contributed by atoms with Gasteiger partial charge in [0, 0.05) is 35.6 Å². The molecule has 0 unspecified atom stereocenters. The van der Waals surface area contributed by atoms with Crippen LogP contribution < -0.4 is 16.2 Å². The molecule has 0 saturated heterocycles. The molecule has 3 N–H and O–H groups in total. The summed E-state index contributed by atoms with van der Waals surface area (Å²) in [6, 6.07) is 9.95. The quantitative estimate of drug-likeness (QED) is 0.626. The molecule has 0 fully saturated rings. The standard InChI is InChI=1S/C18H19N5O3/c1-2-3-10-23-15(24)9-4-12-11-19-17(22-16(12)23)20-13-5-7-14(8-6-13)21-18(25)26/h4-9,11,21H,2-3,10H2,1H3,(H,25,26)(H,19,20,22). The van der Waals surface area contributed by atoms with Gasteiger partial charge < -0.3 is 10.4 Å². The first kappa shape index (κ1) is 17.4. The van der Waals surface area contributed by atoms with Crippen molar-refractivity contribution in [2.45, 2.75) is 26.3 Å². The summed E-state index contributed by atoms with van der Waals surface area (Å²) in [5.74, 6) is 0.368. The zero-order valence-corrected chi connectivity index (χ0v) is 14.3. The number of rotatable bonds is 6. The van der Waals surface area contributed by atoms with Crippen LogP contribution in [0, 0.1) is 0 Å². The molecule has 0 spiro atoms. The largest absolute Gasteiger partial charge is 0.465 e. The molecule has 0 radical (unpaired) electrons. The van der Waals surface area contributed by atoms with Crippen LogP contribution in [0.4, 0.5) is 22.1 Å². The maximum Gasteiger partial charge on any atom is 0.409 e. The molecule has 134 valence electrons. The zero-order chi connectivity index (χ0) is 18.5. The average molecular weight is 353 g/mol. The number of benzene rings is 1. The van der Waals surface area contributed by atoms with Gasteiger partial charge in [0.25, 0.3) is 5.56 Å². The summed E-state index contributed by atoms with van der Waals surface area (Å²) in [7, 11) is 0. The molecule has 26 heavy (non-hydrogen) atoms. The van der Waals surface area contributed by atoms with Gasteiger partial charge in [0.05, 0.1) is 0 Å². The molecule has 2 heterocycles. The van der Waals surface area contributed by atoms with Gasteiger partial charge in [0.1, 0.15) is 5.65 Å². The number of carbonyl (C=O) groups is 1. The summed E-state index contributed by atoms with van der Waals surface area (Å²) >= 11 is 0. The summed E-state index contributed by atoms with van der Waals surface area (Å²) in [6.07, 6.45) is 2.43. The maximum absolute atomic E-state index is 12.2. The second-order valence-electron chi connectivity index (χ2n) is 5.78. The third kappa shape index (κ3) is 3.97. The molecule has 8 nitrogen and oxygen atoms in total. The minimum atomic E-state index is -1.12. The highest BCUT2D eigenvalue weighted by atomic mass is 16.4. The van der Waals surface area contributed by atoms with Crippen molar-refractivity contribution in [1.29, 1.82) is 0 Å². The Morgan fingerprint density at radius 2 is 1.88 bits per heavy atom. The predicted molar refractivity (Wildman–Crippen MR) is 100 cm³/mol. The Bertz CT molecular complexity index is 982. The van der Waals surface area contributed by atoms with Crippen molar-refractivity contribution in [3.63, 3.8) is 0 Å². The van der Waals surface area contributed by atoms with E-state index in [1.165, 1.54) is 6.07 Å². The van der Waals surface area contributed by atoms with E-state index >= 15 is 0 Å². The Morgan fingerprint density at radius 1 is 1.15 bits per heavy atom. The number of aryl methyl sites for hydroxylation is 1. The number of fused-ring (bicyclic) bond motifs is 1. The molecular formula is C18H19N5O3. The van der Waals surface area contributed by atoms with E-state index in [4.69, 9.17) is 5.11 Å². The minimum Gasteiger partial charge on any atom is -0.465 e. The van der Waals surface area contributed by atoms with Gasteiger partial charge in [-0.3, -0.25) is 14.7 Å². The first-order valence-corrected chi connectivity index (χ1v) is 8.30. The lowest BCUT2D eigenvalue weighted by molar-refractivity contribution is 0.210. The van der Waals surface area contributed by atoms with Crippen molar-refractivity contribution in [2.75, 3.05) is 10.6 Å². The van der Waals surface area contributed by atoms with Gasteiger partial charge in [-0.2, -0.15) is 4.98 Å². The molecule has 3 aromatic rings. The first-order chi connectivity index (χ1) is 12.6. The van der Waals surface area contributed by atoms with Crippen molar-refractivity contribution in [2.24, 2.45) is 0 Å². The van der Waals surface area contributed by atoms with Crippen LogP contribution in [0.3, 0.4) is 0 Å². The summed E-state index contributed by atoms with van der Waals surface area (Å²) < 4.78 is 1.66. The number of unbranched alkanes of at least 4 members (excludes halogenated alkanes) is 1. The fourth-order valence-corrected chi connectivity index (χ4v) is 2.55.